The van der Waals surface area contributed by atoms with Crippen molar-refractivity contribution >= 4 is 39.0 Å². The lowest BCUT2D eigenvalue weighted by atomic mass is 10.4. The van der Waals surface area contributed by atoms with E-state index in [4.69, 9.17) is 0 Å². The minimum atomic E-state index is -0.150. The zero-order valence-electron chi connectivity index (χ0n) is 7.87. The molecule has 0 atom stereocenters. The molecule has 2 heterocycles. The number of carbonyl (C=O) groups excluding carboxylic acids is 1. The topological polar surface area (TPSA) is 57.8 Å². The highest BCUT2D eigenvalue weighted by molar-refractivity contribution is 9.10. The molecule has 1 amide bonds. The lowest BCUT2D eigenvalue weighted by Crippen LogP contribution is -2.10. The van der Waals surface area contributed by atoms with E-state index in [9.17, 15) is 4.79 Å². The van der Waals surface area contributed by atoms with Crippen molar-refractivity contribution in [3.63, 3.8) is 0 Å². The average Bonchev–Trinajstić information content (AvgIpc) is 2.75. The first-order chi connectivity index (χ1) is 7.16. The standard InChI is InChI=1S/C9H8BrN3OS/c1-5-4-7(13-12-5)11-9(14)8-6(10)2-3-15-8/h2-4H,1H3,(H2,11,12,13,14). The zero-order chi connectivity index (χ0) is 10.8. The molecule has 0 aliphatic carbocycles. The first-order valence-electron chi connectivity index (χ1n) is 4.23. The summed E-state index contributed by atoms with van der Waals surface area (Å²) in [5.41, 5.74) is 0.913. The van der Waals surface area contributed by atoms with Crippen LogP contribution in [0.1, 0.15) is 15.4 Å². The first kappa shape index (κ1) is 10.4. The third kappa shape index (κ3) is 2.27. The first-order valence-corrected chi connectivity index (χ1v) is 5.90. The van der Waals surface area contributed by atoms with Crippen LogP contribution in [-0.2, 0) is 0 Å². The number of amides is 1. The van der Waals surface area contributed by atoms with Gasteiger partial charge in [0.1, 0.15) is 4.88 Å². The van der Waals surface area contributed by atoms with Gasteiger partial charge < -0.3 is 5.32 Å². The number of H-pyrrole nitrogens is 1. The minimum absolute atomic E-state index is 0.150. The number of aromatic amines is 1. The SMILES string of the molecule is Cc1cc(NC(=O)c2sccc2Br)n[nH]1. The molecule has 2 aromatic rings. The third-order valence-corrected chi connectivity index (χ3v) is 3.61. The highest BCUT2D eigenvalue weighted by atomic mass is 79.9. The number of anilines is 1. The van der Waals surface area contributed by atoms with Crippen LogP contribution in [0, 0.1) is 6.92 Å². The molecule has 2 aromatic heterocycles. The van der Waals surface area contributed by atoms with Crippen LogP contribution >= 0.6 is 27.3 Å². The van der Waals surface area contributed by atoms with Gasteiger partial charge in [-0.25, -0.2) is 0 Å². The van der Waals surface area contributed by atoms with Crippen LogP contribution in [0.25, 0.3) is 0 Å². The maximum absolute atomic E-state index is 11.7. The number of halogens is 1. The number of nitrogens with zero attached hydrogens (tertiary/aromatic N) is 1. The van der Waals surface area contributed by atoms with Crippen molar-refractivity contribution in [3.8, 4) is 0 Å². The highest BCUT2D eigenvalue weighted by Crippen LogP contribution is 2.23. The maximum atomic E-state index is 11.7. The van der Waals surface area contributed by atoms with Crippen LogP contribution in [-0.4, -0.2) is 16.1 Å². The van der Waals surface area contributed by atoms with Crippen molar-refractivity contribution in [2.24, 2.45) is 0 Å². The molecule has 0 aromatic carbocycles. The molecule has 15 heavy (non-hydrogen) atoms. The van der Waals surface area contributed by atoms with Gasteiger partial charge in [0, 0.05) is 16.2 Å². The van der Waals surface area contributed by atoms with E-state index in [0.717, 1.165) is 10.2 Å². The Labute approximate surface area is 98.8 Å². The summed E-state index contributed by atoms with van der Waals surface area (Å²) in [7, 11) is 0. The summed E-state index contributed by atoms with van der Waals surface area (Å²) < 4.78 is 0.803. The molecule has 0 fully saturated rings. The van der Waals surface area contributed by atoms with Crippen molar-refractivity contribution in [2.75, 3.05) is 5.32 Å². The van der Waals surface area contributed by atoms with E-state index in [2.05, 4.69) is 31.4 Å². The van der Waals surface area contributed by atoms with Gasteiger partial charge in [-0.15, -0.1) is 11.3 Å². The van der Waals surface area contributed by atoms with Crippen LogP contribution in [0.15, 0.2) is 22.0 Å². The van der Waals surface area contributed by atoms with Crippen LogP contribution in [0.3, 0.4) is 0 Å². The number of hydrogen-bond acceptors (Lipinski definition) is 3. The lowest BCUT2D eigenvalue weighted by molar-refractivity contribution is 0.102. The molecule has 0 spiro atoms. The number of aryl methyl sites for hydroxylation is 1. The predicted molar refractivity (Wildman–Crippen MR) is 63.3 cm³/mol. The van der Waals surface area contributed by atoms with Gasteiger partial charge >= 0.3 is 0 Å². The molecule has 0 radical (unpaired) electrons. The molecule has 2 N–H and O–H groups in total. The fourth-order valence-corrected chi connectivity index (χ4v) is 2.56. The quantitative estimate of drug-likeness (QED) is 0.891. The van der Waals surface area contributed by atoms with Gasteiger partial charge in [0.2, 0.25) is 0 Å². The minimum Gasteiger partial charge on any atom is -0.304 e. The fourth-order valence-electron chi connectivity index (χ4n) is 1.11. The average molecular weight is 286 g/mol. The van der Waals surface area contributed by atoms with E-state index in [1.165, 1.54) is 11.3 Å². The Morgan fingerprint density at radius 3 is 3.00 bits per heavy atom. The van der Waals surface area contributed by atoms with Crippen molar-refractivity contribution in [2.45, 2.75) is 6.92 Å². The fraction of sp³-hybridized carbons (Fsp3) is 0.111. The monoisotopic (exact) mass is 285 g/mol. The van der Waals surface area contributed by atoms with Gasteiger partial charge in [0.05, 0.1) is 0 Å². The van der Waals surface area contributed by atoms with Crippen LogP contribution in [0.2, 0.25) is 0 Å². The molecular weight excluding hydrogens is 278 g/mol. The molecule has 78 valence electrons. The number of rotatable bonds is 2. The zero-order valence-corrected chi connectivity index (χ0v) is 10.3. The summed E-state index contributed by atoms with van der Waals surface area (Å²) in [6.45, 7) is 1.88. The Morgan fingerprint density at radius 1 is 1.67 bits per heavy atom. The number of thiophene rings is 1. The van der Waals surface area contributed by atoms with Gasteiger partial charge in [-0.3, -0.25) is 9.89 Å². The van der Waals surface area contributed by atoms with Gasteiger partial charge in [-0.05, 0) is 34.3 Å². The summed E-state index contributed by atoms with van der Waals surface area (Å²) in [6, 6.07) is 3.62. The van der Waals surface area contributed by atoms with Crippen molar-refractivity contribution in [1.82, 2.24) is 10.2 Å². The van der Waals surface area contributed by atoms with Crippen molar-refractivity contribution in [3.05, 3.63) is 32.6 Å². The van der Waals surface area contributed by atoms with Gasteiger partial charge in [-0.1, -0.05) is 0 Å². The van der Waals surface area contributed by atoms with E-state index in [1.54, 1.807) is 6.07 Å². The lowest BCUT2D eigenvalue weighted by Gasteiger charge is -1.98. The van der Waals surface area contributed by atoms with E-state index >= 15 is 0 Å². The van der Waals surface area contributed by atoms with Crippen LogP contribution in [0.4, 0.5) is 5.82 Å². The molecule has 2 rings (SSSR count). The second-order valence-corrected chi connectivity index (χ2v) is 4.76. The molecule has 4 nitrogen and oxygen atoms in total. The molecule has 6 heteroatoms. The summed E-state index contributed by atoms with van der Waals surface area (Å²) >= 11 is 4.69. The number of nitrogens with one attached hydrogen (secondary N) is 2. The highest BCUT2D eigenvalue weighted by Gasteiger charge is 2.12. The van der Waals surface area contributed by atoms with Crippen molar-refractivity contribution in [1.29, 1.82) is 0 Å². The number of carbonyl (C=O) groups is 1. The summed E-state index contributed by atoms with van der Waals surface area (Å²) in [4.78, 5) is 12.4. The number of aromatic nitrogens is 2. The second kappa shape index (κ2) is 4.16. The van der Waals surface area contributed by atoms with Crippen molar-refractivity contribution < 1.29 is 4.79 Å². The Morgan fingerprint density at radius 2 is 2.47 bits per heavy atom. The van der Waals surface area contributed by atoms with E-state index in [0.29, 0.717) is 10.7 Å². The largest absolute Gasteiger partial charge is 0.304 e. The molecule has 0 aliphatic rings. The van der Waals surface area contributed by atoms with Gasteiger partial charge in [0.25, 0.3) is 5.91 Å². The maximum Gasteiger partial charge on any atom is 0.268 e. The van der Waals surface area contributed by atoms with E-state index in [-0.39, 0.29) is 5.91 Å². The smallest absolute Gasteiger partial charge is 0.268 e. The molecular formula is C9H8BrN3OS. The summed E-state index contributed by atoms with van der Waals surface area (Å²) in [5.74, 6) is 0.390. The Balaban J connectivity index is 2.14. The van der Waals surface area contributed by atoms with Gasteiger partial charge in [0.15, 0.2) is 5.82 Å². The molecule has 0 saturated heterocycles. The second-order valence-electron chi connectivity index (χ2n) is 2.99. The molecule has 0 unspecified atom stereocenters. The Bertz CT molecular complexity index is 491. The molecule has 0 saturated carbocycles. The Kier molecular flexibility index (Phi) is 2.88. The van der Waals surface area contributed by atoms with Crippen LogP contribution < -0.4 is 5.32 Å². The van der Waals surface area contributed by atoms with Gasteiger partial charge in [-0.2, -0.15) is 5.10 Å². The van der Waals surface area contributed by atoms with E-state index in [1.807, 2.05) is 18.4 Å². The van der Waals surface area contributed by atoms with Crippen LogP contribution in [0.5, 0.6) is 0 Å². The normalized spacial score (nSPS) is 10.3. The Hall–Kier alpha value is -1.14. The molecule has 0 aliphatic heterocycles. The number of hydrogen-bond donors (Lipinski definition) is 2. The summed E-state index contributed by atoms with van der Waals surface area (Å²) in [5, 5.41) is 11.2. The summed E-state index contributed by atoms with van der Waals surface area (Å²) in [6.07, 6.45) is 0. The third-order valence-electron chi connectivity index (χ3n) is 1.77. The molecule has 0 bridgehead atoms. The van der Waals surface area contributed by atoms with E-state index < -0.39 is 0 Å². The predicted octanol–water partition coefficient (Wildman–Crippen LogP) is 2.79.